The van der Waals surface area contributed by atoms with Gasteiger partial charge in [0.15, 0.2) is 40.0 Å². The number of phenols is 2. The van der Waals surface area contributed by atoms with Crippen molar-refractivity contribution in [1.29, 1.82) is 0 Å². The molecule has 1 heterocycles. The molecule has 13 rings (SSSR count). The van der Waals surface area contributed by atoms with Crippen LogP contribution in [0.4, 0.5) is 11.4 Å². The summed E-state index contributed by atoms with van der Waals surface area (Å²) in [6, 6.07) is 5.51. The third-order valence-electron chi connectivity index (χ3n) is 22.4. The predicted octanol–water partition coefficient (Wildman–Crippen LogP) is 0.386. The van der Waals surface area contributed by atoms with Gasteiger partial charge in [-0.3, -0.25) is 67.4 Å². The van der Waals surface area contributed by atoms with E-state index >= 15 is 0 Å². The number of hydrogen-bond donors (Lipinski definition) is 16. The number of nitrogens with zero attached hydrogens (tertiary/aromatic N) is 4. The average Bonchev–Trinajstić information content (AvgIpc) is 0.759. The number of aromatic hydroxyl groups is 2. The van der Waals surface area contributed by atoms with Crippen LogP contribution in [0.2, 0.25) is 0 Å². The minimum atomic E-state index is -2.70. The van der Waals surface area contributed by atoms with Crippen LogP contribution < -0.4 is 28.3 Å². The van der Waals surface area contributed by atoms with Gasteiger partial charge in [-0.1, -0.05) is 40.0 Å². The van der Waals surface area contributed by atoms with Crippen LogP contribution in [0.1, 0.15) is 83.6 Å². The van der Waals surface area contributed by atoms with E-state index < -0.39 is 192 Å². The number of aliphatic hydroxyl groups excluding tert-OH is 6. The van der Waals surface area contributed by atoms with Gasteiger partial charge in [-0.15, -0.1) is 22.8 Å². The Balaban J connectivity index is 0.000000248. The molecule has 3 aromatic carbocycles. The van der Waals surface area contributed by atoms with Gasteiger partial charge >= 0.3 is 7.40 Å². The molecule has 3 fully saturated rings. The number of ketones is 6. The van der Waals surface area contributed by atoms with Gasteiger partial charge in [0, 0.05) is 179 Å². The van der Waals surface area contributed by atoms with Crippen molar-refractivity contribution in [3.05, 3.63) is 125 Å². The number of nitrogen functional groups attached to an aromatic ring is 1. The normalized spacial score (nSPS) is 26.7. The van der Waals surface area contributed by atoms with Gasteiger partial charge < -0.3 is 103 Å². The number of aromatic nitrogens is 1. The molecule has 113 heavy (non-hydrogen) atoms. The molecule has 0 spiro atoms. The van der Waals surface area contributed by atoms with Gasteiger partial charge in [-0.05, 0) is 113 Å². The Labute approximate surface area is 722 Å². The zero-order valence-electron chi connectivity index (χ0n) is 64.9. The number of benzene rings is 3. The number of nitrogens with two attached hydrogens (primary N) is 4. The molecule has 9 aliphatic carbocycles. The number of carbonyl (C=O) groups excluding carboxylic acids is 11. The van der Waals surface area contributed by atoms with Crippen LogP contribution in [0.5, 0.6) is 11.5 Å². The number of hydrogen-bond acceptors (Lipinski definition) is 31. The van der Waals surface area contributed by atoms with Crippen LogP contribution in [-0.2, 0) is 184 Å². The van der Waals surface area contributed by atoms with Gasteiger partial charge in [0.25, 0.3) is 17.7 Å². The summed E-state index contributed by atoms with van der Waals surface area (Å²) in [5.41, 5.74) is 14.9. The summed E-state index contributed by atoms with van der Waals surface area (Å²) in [5, 5.41) is 124. The maximum absolute atomic E-state index is 13.8. The molecule has 3 saturated carbocycles. The zero-order valence-corrected chi connectivity index (χ0v) is 72.4. The number of ether oxygens (including phenoxy) is 3. The maximum Gasteiger partial charge on any atom is 1.00 e. The largest absolute Gasteiger partial charge is 1.00 e. The Kier molecular flexibility index (Phi) is 27.4. The quantitative estimate of drug-likeness (QED) is 0.0241. The fourth-order valence-electron chi connectivity index (χ4n) is 17.4. The first-order valence-corrected chi connectivity index (χ1v) is 34.2. The minimum absolute atomic E-state index is 0. The average molecular weight is 1800 g/mol. The molecule has 12 atom stereocenters. The number of methoxy groups -OCH3 is 3. The van der Waals surface area contributed by atoms with Crippen LogP contribution in [-0.4, -0.2) is 245 Å². The molecule has 0 saturated heterocycles. The second-order valence-corrected chi connectivity index (χ2v) is 29.1. The Morgan fingerprint density at radius 3 is 1.15 bits per heavy atom. The molecular formula is C75H85N9O26Y3-2. The van der Waals surface area contributed by atoms with Crippen LogP contribution in [0.25, 0.3) is 28.4 Å². The van der Waals surface area contributed by atoms with Crippen LogP contribution in [0, 0.1) is 81.4 Å². The van der Waals surface area contributed by atoms with Crippen molar-refractivity contribution in [1.82, 2.24) is 19.7 Å². The van der Waals surface area contributed by atoms with Gasteiger partial charge in [-0.2, -0.15) is 28.8 Å². The second kappa shape index (κ2) is 33.5. The molecule has 4 amide bonds. The molecule has 38 heteroatoms. The van der Waals surface area contributed by atoms with Crippen molar-refractivity contribution in [2.45, 2.75) is 114 Å². The fraction of sp³-hybridized carbons (Fsp3) is 0.440. The number of oxazole rings is 1. The first kappa shape index (κ1) is 92.5. The van der Waals surface area contributed by atoms with Crippen LogP contribution >= 0.6 is 0 Å². The number of amides is 4. The van der Waals surface area contributed by atoms with Crippen molar-refractivity contribution in [2.75, 3.05) is 74.7 Å². The Morgan fingerprint density at radius 2 is 0.850 bits per heavy atom. The first-order valence-electron chi connectivity index (χ1n) is 34.2. The van der Waals surface area contributed by atoms with Gasteiger partial charge in [-0.25, -0.2) is 4.98 Å². The van der Waals surface area contributed by atoms with Crippen molar-refractivity contribution >= 4 is 104 Å². The second-order valence-electron chi connectivity index (χ2n) is 29.1. The fourth-order valence-corrected chi connectivity index (χ4v) is 17.4. The van der Waals surface area contributed by atoms with E-state index in [0.717, 1.165) is 11.1 Å². The van der Waals surface area contributed by atoms with Crippen LogP contribution in [0.15, 0.2) is 55.1 Å². The number of anilines is 2. The zero-order chi connectivity index (χ0) is 82.2. The molecule has 3 radical (unpaired) electrons. The number of primary amides is 3. The number of rotatable bonds is 11. The number of fused-ring (bicyclic) bond motifs is 11. The van der Waals surface area contributed by atoms with E-state index in [2.05, 4.69) is 42.7 Å². The predicted molar refractivity (Wildman–Crippen MR) is 384 cm³/mol. The van der Waals surface area contributed by atoms with Crippen molar-refractivity contribution in [2.24, 2.45) is 52.7 Å². The minimum Gasteiger partial charge on any atom is -0.563 e. The summed E-state index contributed by atoms with van der Waals surface area (Å²) < 4.78 is 19.4. The molecule has 35 nitrogen and oxygen atoms in total. The summed E-state index contributed by atoms with van der Waals surface area (Å²) in [6.45, 7) is 8.08. The Morgan fingerprint density at radius 1 is 0.540 bits per heavy atom. The topological polar surface area (TPSA) is 590 Å². The summed E-state index contributed by atoms with van der Waals surface area (Å²) in [6.07, 6.45) is 1.27. The van der Waals surface area contributed by atoms with Gasteiger partial charge in [0.05, 0.1) is 23.7 Å². The van der Waals surface area contributed by atoms with E-state index in [4.69, 9.17) is 27.4 Å². The summed E-state index contributed by atoms with van der Waals surface area (Å²) in [7, 11) is 13.3. The number of aliphatic hydroxyl groups is 9. The smallest absolute Gasteiger partial charge is 0.563 e. The third kappa shape index (κ3) is 14.5. The van der Waals surface area contributed by atoms with E-state index in [1.165, 1.54) is 57.0 Å². The van der Waals surface area contributed by atoms with Gasteiger partial charge in [0.2, 0.25) is 29.5 Å². The van der Waals surface area contributed by atoms with Crippen LogP contribution in [0.3, 0.4) is 0 Å². The number of likely N-dealkylation sites (N-methyl/N-ethyl adjacent to an activating group) is 3. The number of nitrogens with one attached hydrogen (secondary N) is 1. The monoisotopic (exact) mass is 1790 g/mol. The summed E-state index contributed by atoms with van der Waals surface area (Å²) in [5.74, 6) is -21.9. The van der Waals surface area contributed by atoms with Gasteiger partial charge in [0.1, 0.15) is 51.3 Å². The summed E-state index contributed by atoms with van der Waals surface area (Å²) in [4.78, 5) is 147. The third-order valence-corrected chi connectivity index (χ3v) is 22.4. The Hall–Kier alpha value is -7.71. The molecule has 0 aliphatic heterocycles. The molecule has 1 aromatic heterocycles. The first-order chi connectivity index (χ1) is 51.2. The SMILES string of the molecule is CC(=O)Nc1[c-]c(C)c2c(c1O)C(O)=C1C(=O)[C@]3(O)C(O)=C(C(N)=O)C(=O)[C@@H](N(C)C)[C@@H]3C[C@@H]1C2.COC(C=O)(OC)OC.Cc1[c-]c(N)c(O)c2c1C[C@H]1C[C@H]3[C@H](N(C)C)C(=O)C(C(N)=O)=C(O)[C@@]3(O)C(=O)C1=C2O.Cc1nc2[c-]c(C)c3c(c2o1)C(O)=C1C(=O)[C@]2(O)C(O)=C(C(N)=O)C(=O)[C@@H](N(C)C)[C@@H]2C[C@@H]1C3.[H+].[Y].[Y].[Y]. The summed E-state index contributed by atoms with van der Waals surface area (Å²) >= 11 is 0. The maximum atomic E-state index is 13.8. The van der Waals surface area contributed by atoms with E-state index in [-0.39, 0.29) is 182 Å². The molecule has 597 valence electrons. The molecule has 20 N–H and O–H groups in total. The number of carbonyl (C=O) groups is 11. The number of Topliss-reactive ketones (excluding diaryl/α,β-unsaturated/α-hetero) is 6. The molecular weight excluding hydrogens is 1710 g/mol. The van der Waals surface area contributed by atoms with Crippen molar-refractivity contribution in [3.63, 3.8) is 0 Å². The molecule has 0 bridgehead atoms. The van der Waals surface area contributed by atoms with Crippen molar-refractivity contribution < 1.29 is 227 Å². The molecule has 9 aliphatic rings. The van der Waals surface area contributed by atoms with E-state index in [9.17, 15) is 109 Å². The number of aldehydes is 1. The Bertz CT molecular complexity index is 5010. The van der Waals surface area contributed by atoms with E-state index in [1.807, 2.05) is 6.92 Å². The van der Waals surface area contributed by atoms with E-state index in [0.29, 0.717) is 51.9 Å². The van der Waals surface area contributed by atoms with E-state index in [1.54, 1.807) is 49.0 Å². The molecule has 0 unspecified atom stereocenters. The standard InChI is InChI=1S/C24H26N3O8.C24H24N3O7.C22H24N3O7.C5H10O4.3Y/c1-8-5-13(26-9(2)28)18(29)15-11(8)6-10-7-12-17(27(3)4)20(31)16(23(25)34)22(33)24(12,35)21(32)14(10)19(15)30;1-8-5-13-20(34-9(2)26-13)15-11(8)6-10-7-12-17(27(3)4)19(29)16(23(25)32)22(31)24(12,33)21(30)14(10)18(15)28;1-7-4-11(23)16(26)13-9(7)5-8-6-10-15(25(2)3)18(28)14(21(24)31)20(30)22(10,32)19(29)12(8)17(13)27;1-7-5(4-6,8-2)9-3;;;/h10,12,17,29-30,33,35H,6-7H2,1-4H3,(H2,25,34)(H,26,28);10,12,17,28,31,33H,6-7H2,1-4H3,(H2,25,32);8,10,15,26-27,30,32H,5-6,23H2,1-3H3,(H2,24,31);4H,1-3H3;;;/q3*-1;;;;/p+1/t2*10-,12-,17-,24-;8-,10-,15-,22-;;;;/m000..../s1. The van der Waals surface area contributed by atoms with Crippen molar-refractivity contribution in [3.8, 4) is 11.5 Å². The number of phenolic OH excluding ortho intramolecular Hbond substituents is 2. The number of aryl methyl sites for hydroxylation is 4. The molecule has 4 aromatic rings.